The molecule has 10 nitrogen and oxygen atoms in total. The number of hydrogen-bond acceptors (Lipinski definition) is 7. The molecule has 0 bridgehead atoms. The topological polar surface area (TPSA) is 141 Å². The number of Topliss-reactive ketones (excluding diaryl/α,β-unsaturated/α-hetero) is 1. The summed E-state index contributed by atoms with van der Waals surface area (Å²) in [7, 11) is 0. The van der Waals surface area contributed by atoms with E-state index >= 15 is 0 Å². The summed E-state index contributed by atoms with van der Waals surface area (Å²) in [6.45, 7) is 11.9. The van der Waals surface area contributed by atoms with Crippen LogP contribution in [-0.2, 0) is 14.4 Å². The van der Waals surface area contributed by atoms with Gasteiger partial charge in [-0.25, -0.2) is 0 Å². The number of amides is 3. The summed E-state index contributed by atoms with van der Waals surface area (Å²) in [4.78, 5) is 60.0. The van der Waals surface area contributed by atoms with Crippen LogP contribution >= 0.6 is 0 Å². The number of aliphatic hydroxyl groups excluding tert-OH is 1. The first kappa shape index (κ1) is 36.6. The molecule has 7 atom stereocenters. The van der Waals surface area contributed by atoms with Gasteiger partial charge in [-0.1, -0.05) is 63.4 Å². The first-order valence-electron chi connectivity index (χ1n) is 17.9. The Balaban J connectivity index is 1.44. The maximum absolute atomic E-state index is 14.4. The van der Waals surface area contributed by atoms with Crippen LogP contribution in [-0.4, -0.2) is 80.9 Å². The predicted molar refractivity (Wildman–Crippen MR) is 189 cm³/mol. The largest absolute Gasteiger partial charge is 0.389 e. The zero-order chi connectivity index (χ0) is 35.6. The molecule has 266 valence electrons. The number of hydrogen-bond donors (Lipinski definition) is 4. The summed E-state index contributed by atoms with van der Waals surface area (Å²) in [6.07, 6.45) is 7.94. The average Bonchev–Trinajstić information content (AvgIpc) is 3.77. The molecule has 4 N–H and O–H groups in total. The lowest BCUT2D eigenvalue weighted by Gasteiger charge is -2.47. The van der Waals surface area contributed by atoms with E-state index in [1.54, 1.807) is 26.0 Å². The highest BCUT2D eigenvalue weighted by molar-refractivity contribution is 5.98. The van der Waals surface area contributed by atoms with E-state index in [2.05, 4.69) is 25.8 Å². The first-order valence-corrected chi connectivity index (χ1v) is 17.9. The second-order valence-corrected chi connectivity index (χ2v) is 16.5. The lowest BCUT2D eigenvalue weighted by molar-refractivity contribution is -0.134. The SMILES string of the molecule is CC(=O)CC(C)(C)[C@H](NC(=O)c1ccncc1)C(=O)N[C@]1([C@H](O)CN2CC3CCCC[C@H]3C[C@H]2C(=O)NC(C)(C)C)CC1c1ccccc1. The number of benzene rings is 1. The molecular formula is C39H55N5O5. The second kappa shape index (κ2) is 14.7. The Morgan fingerprint density at radius 3 is 2.27 bits per heavy atom. The molecular weight excluding hydrogens is 618 g/mol. The number of aromatic nitrogens is 1. The molecule has 3 amide bonds. The predicted octanol–water partition coefficient (Wildman–Crippen LogP) is 4.38. The lowest BCUT2D eigenvalue weighted by atomic mass is 9.72. The van der Waals surface area contributed by atoms with Gasteiger partial charge in [-0.05, 0) is 76.5 Å². The first-order chi connectivity index (χ1) is 23.1. The number of nitrogens with one attached hydrogen (secondary N) is 3. The van der Waals surface area contributed by atoms with Crippen LogP contribution in [0.3, 0.4) is 0 Å². The molecule has 1 aromatic heterocycles. The van der Waals surface area contributed by atoms with Gasteiger partial charge in [-0.3, -0.25) is 24.3 Å². The van der Waals surface area contributed by atoms with Gasteiger partial charge in [0, 0.05) is 54.3 Å². The Kier molecular flexibility index (Phi) is 11.0. The van der Waals surface area contributed by atoms with E-state index in [0.29, 0.717) is 23.8 Å². The summed E-state index contributed by atoms with van der Waals surface area (Å²) < 4.78 is 0. The van der Waals surface area contributed by atoms with Crippen molar-refractivity contribution in [2.24, 2.45) is 17.3 Å². The number of carbonyl (C=O) groups excluding carboxylic acids is 4. The zero-order valence-electron chi connectivity index (χ0n) is 30.0. The molecule has 3 fully saturated rings. The van der Waals surface area contributed by atoms with Gasteiger partial charge in [0.15, 0.2) is 0 Å². The Morgan fingerprint density at radius 2 is 1.63 bits per heavy atom. The molecule has 2 unspecified atom stereocenters. The number of piperidine rings is 1. The Morgan fingerprint density at radius 1 is 0.980 bits per heavy atom. The van der Waals surface area contributed by atoms with E-state index in [-0.39, 0.29) is 36.6 Å². The van der Waals surface area contributed by atoms with E-state index in [4.69, 9.17) is 0 Å². The Labute approximate surface area is 291 Å². The number of pyridine rings is 1. The van der Waals surface area contributed by atoms with Crippen molar-refractivity contribution >= 4 is 23.5 Å². The highest BCUT2D eigenvalue weighted by atomic mass is 16.3. The quantitative estimate of drug-likeness (QED) is 0.262. The average molecular weight is 674 g/mol. The van der Waals surface area contributed by atoms with Crippen molar-refractivity contribution in [1.82, 2.24) is 25.8 Å². The third kappa shape index (κ3) is 8.76. The second-order valence-electron chi connectivity index (χ2n) is 16.5. The minimum Gasteiger partial charge on any atom is -0.389 e. The molecule has 2 heterocycles. The van der Waals surface area contributed by atoms with Gasteiger partial charge >= 0.3 is 0 Å². The molecule has 1 aromatic carbocycles. The van der Waals surface area contributed by atoms with E-state index in [9.17, 15) is 24.3 Å². The van der Waals surface area contributed by atoms with Crippen molar-refractivity contribution in [3.8, 4) is 0 Å². The van der Waals surface area contributed by atoms with Gasteiger partial charge in [0.1, 0.15) is 11.8 Å². The molecule has 0 spiro atoms. The highest BCUT2D eigenvalue weighted by Crippen LogP contribution is 2.54. The van der Waals surface area contributed by atoms with Gasteiger partial charge in [0.25, 0.3) is 5.91 Å². The standard InChI is InChI=1S/C39H55N5O5/c1-25(45)21-38(5,6)33(41-34(47)27-16-18-40-19-17-27)36(49)43-39(22-30(39)26-12-8-7-9-13-26)32(46)24-44-23-29-15-11-10-14-28(29)20-31(44)35(48)42-37(2,3)4/h7-9,12-13,16-19,28-33,46H,10-11,14-15,20-24H2,1-6H3,(H,41,47)(H,42,48)(H,43,49)/t28-,29?,30?,31-,32+,33+,39+/m0/s1. The molecule has 1 aliphatic heterocycles. The number of aliphatic hydroxyl groups is 1. The third-order valence-electron chi connectivity index (χ3n) is 10.8. The molecule has 10 heteroatoms. The van der Waals surface area contributed by atoms with Gasteiger partial charge in [0.2, 0.25) is 11.8 Å². The molecule has 2 aliphatic carbocycles. The molecule has 2 aromatic rings. The number of likely N-dealkylation sites (tertiary alicyclic amines) is 1. The number of nitrogens with zero attached hydrogens (tertiary/aromatic N) is 2. The summed E-state index contributed by atoms with van der Waals surface area (Å²) >= 11 is 0. The van der Waals surface area contributed by atoms with E-state index < -0.39 is 40.5 Å². The Bertz CT molecular complexity index is 1490. The van der Waals surface area contributed by atoms with Crippen LogP contribution in [0.1, 0.15) is 108 Å². The molecule has 5 rings (SSSR count). The van der Waals surface area contributed by atoms with Gasteiger partial charge in [-0.2, -0.15) is 0 Å². The third-order valence-corrected chi connectivity index (χ3v) is 10.8. The summed E-state index contributed by atoms with van der Waals surface area (Å²) in [6, 6.07) is 11.5. The molecule has 49 heavy (non-hydrogen) atoms. The van der Waals surface area contributed by atoms with Crippen LogP contribution in [0, 0.1) is 17.3 Å². The van der Waals surface area contributed by atoms with E-state index in [1.807, 2.05) is 51.1 Å². The normalized spacial score (nSPS) is 26.8. The van der Waals surface area contributed by atoms with Crippen LogP contribution in [0.25, 0.3) is 0 Å². The fourth-order valence-corrected chi connectivity index (χ4v) is 8.36. The van der Waals surface area contributed by atoms with Crippen molar-refractivity contribution in [1.29, 1.82) is 0 Å². The van der Waals surface area contributed by atoms with Crippen molar-refractivity contribution in [2.45, 2.75) is 122 Å². The van der Waals surface area contributed by atoms with Crippen LogP contribution in [0.15, 0.2) is 54.9 Å². The number of rotatable bonds is 12. The van der Waals surface area contributed by atoms with Crippen LogP contribution in [0.5, 0.6) is 0 Å². The smallest absolute Gasteiger partial charge is 0.252 e. The van der Waals surface area contributed by atoms with Crippen molar-refractivity contribution in [3.05, 3.63) is 66.0 Å². The molecule has 0 radical (unpaired) electrons. The van der Waals surface area contributed by atoms with E-state index in [1.165, 1.54) is 32.2 Å². The summed E-state index contributed by atoms with van der Waals surface area (Å²) in [5.74, 6) is -0.259. The Hall–Kier alpha value is -3.63. The molecule has 2 saturated carbocycles. The number of carbonyl (C=O) groups is 4. The maximum atomic E-state index is 14.4. The minimum absolute atomic E-state index is 0.0258. The molecule has 1 saturated heterocycles. The van der Waals surface area contributed by atoms with Gasteiger partial charge < -0.3 is 25.9 Å². The minimum atomic E-state index is -1.07. The fraction of sp³-hybridized carbons (Fsp3) is 0.615. The van der Waals surface area contributed by atoms with Gasteiger partial charge in [-0.15, -0.1) is 0 Å². The summed E-state index contributed by atoms with van der Waals surface area (Å²) in [5.41, 5.74) is -1.01. The lowest BCUT2D eigenvalue weighted by Crippen LogP contribution is -2.63. The van der Waals surface area contributed by atoms with Crippen molar-refractivity contribution < 1.29 is 24.3 Å². The fourth-order valence-electron chi connectivity index (χ4n) is 8.36. The van der Waals surface area contributed by atoms with Crippen LogP contribution < -0.4 is 16.0 Å². The summed E-state index contributed by atoms with van der Waals surface area (Å²) in [5, 5.41) is 21.6. The van der Waals surface area contributed by atoms with Crippen molar-refractivity contribution in [2.75, 3.05) is 13.1 Å². The zero-order valence-corrected chi connectivity index (χ0v) is 30.0. The van der Waals surface area contributed by atoms with E-state index in [0.717, 1.165) is 31.4 Å². The van der Waals surface area contributed by atoms with Gasteiger partial charge in [0.05, 0.1) is 17.7 Å². The van der Waals surface area contributed by atoms with Crippen LogP contribution in [0.4, 0.5) is 0 Å². The molecule has 3 aliphatic rings. The highest BCUT2D eigenvalue weighted by Gasteiger charge is 2.62. The number of ketones is 1. The van der Waals surface area contributed by atoms with Crippen molar-refractivity contribution in [3.63, 3.8) is 0 Å². The van der Waals surface area contributed by atoms with Crippen LogP contribution in [0.2, 0.25) is 0 Å². The monoisotopic (exact) mass is 673 g/mol. The maximum Gasteiger partial charge on any atom is 0.252 e. The number of β-amino-alcohol motifs (C(OH)–C–C–N with tert-alkyl or cyclic N) is 1. The number of fused-ring (bicyclic) bond motifs is 1.